The monoisotopic (exact) mass is 786 g/mol. The molecule has 1 radical (unpaired) electrons. The smallest absolute Gasteiger partial charge is 0.216 e. The fourth-order valence-electron chi connectivity index (χ4n) is 5.46. The Balaban J connectivity index is 0.000000232. The minimum Gasteiger partial charge on any atom is -0.486 e. The topological polar surface area (TPSA) is 51.8 Å². The third-order valence-corrected chi connectivity index (χ3v) is 7.89. The zero-order valence-electron chi connectivity index (χ0n) is 25.9. The minimum absolute atomic E-state index is 0. The van der Waals surface area contributed by atoms with E-state index in [1.807, 2.05) is 92.1 Å². The van der Waals surface area contributed by atoms with Crippen molar-refractivity contribution in [1.82, 2.24) is 15.0 Å². The molecule has 47 heavy (non-hydrogen) atoms. The van der Waals surface area contributed by atoms with Crippen molar-refractivity contribution in [3.63, 3.8) is 0 Å². The molecule has 0 saturated heterocycles. The maximum atomic E-state index is 6.29. The Bertz CT molecular complexity index is 2200. The molecule has 8 rings (SSSR count). The molecule has 0 aliphatic heterocycles. The zero-order valence-corrected chi connectivity index (χ0v) is 28.2. The molecule has 5 heteroatoms. The molecule has 8 aromatic rings. The van der Waals surface area contributed by atoms with Crippen LogP contribution in [0.1, 0.15) is 16.8 Å². The van der Waals surface area contributed by atoms with Crippen molar-refractivity contribution in [2.45, 2.75) is 19.8 Å². The third-order valence-electron chi connectivity index (χ3n) is 7.89. The average molecular weight is 786 g/mol. The van der Waals surface area contributed by atoms with Crippen LogP contribution in [0.25, 0.3) is 55.7 Å². The quantitative estimate of drug-likeness (QED) is 0.158. The predicted molar refractivity (Wildman–Crippen MR) is 186 cm³/mol. The summed E-state index contributed by atoms with van der Waals surface area (Å²) in [5.41, 5.74) is 10.9. The number of aromatic nitrogens is 3. The number of aryl methyl sites for hydroxylation is 3. The van der Waals surface area contributed by atoms with Gasteiger partial charge in [-0.2, -0.15) is 0 Å². The fraction of sp³-hybridized carbons (Fsp3) is 0.0714. The number of benzene rings is 4. The van der Waals surface area contributed by atoms with Gasteiger partial charge in [-0.3, -0.25) is 0 Å². The maximum Gasteiger partial charge on any atom is 0.216 e. The molecular formula is C42H31IrN3O-2. The van der Waals surface area contributed by atoms with Crippen molar-refractivity contribution >= 4 is 22.1 Å². The van der Waals surface area contributed by atoms with E-state index in [-0.39, 0.29) is 20.1 Å². The molecule has 0 spiro atoms. The second kappa shape index (κ2) is 14.9. The van der Waals surface area contributed by atoms with Gasteiger partial charge >= 0.3 is 0 Å². The van der Waals surface area contributed by atoms with Crippen molar-refractivity contribution in [2.24, 2.45) is 0 Å². The minimum atomic E-state index is 0. The van der Waals surface area contributed by atoms with Crippen LogP contribution in [0, 0.1) is 19.1 Å². The van der Waals surface area contributed by atoms with Crippen LogP contribution in [-0.4, -0.2) is 15.0 Å². The first-order valence-corrected chi connectivity index (χ1v) is 15.4. The van der Waals surface area contributed by atoms with Crippen LogP contribution in [0.4, 0.5) is 0 Å². The summed E-state index contributed by atoms with van der Waals surface area (Å²) in [5.74, 6) is 0. The van der Waals surface area contributed by atoms with E-state index in [0.29, 0.717) is 5.71 Å². The third kappa shape index (κ3) is 7.44. The van der Waals surface area contributed by atoms with Crippen molar-refractivity contribution in [3.8, 4) is 33.6 Å². The number of rotatable bonds is 6. The van der Waals surface area contributed by atoms with Gasteiger partial charge in [0.25, 0.3) is 0 Å². The molecule has 0 unspecified atom stereocenters. The van der Waals surface area contributed by atoms with Gasteiger partial charge in [-0.15, -0.1) is 54.1 Å². The van der Waals surface area contributed by atoms with Crippen LogP contribution in [0.15, 0.2) is 150 Å². The van der Waals surface area contributed by atoms with Gasteiger partial charge in [0.05, 0.1) is 5.58 Å². The summed E-state index contributed by atoms with van der Waals surface area (Å²) in [6, 6.07) is 51.5. The number of hydrogen-bond acceptors (Lipinski definition) is 4. The second-order valence-electron chi connectivity index (χ2n) is 11.1. The van der Waals surface area contributed by atoms with Crippen molar-refractivity contribution in [2.75, 3.05) is 0 Å². The number of hydrogen-bond donors (Lipinski definition) is 0. The van der Waals surface area contributed by atoms with Crippen LogP contribution in [0.5, 0.6) is 0 Å². The number of nitrogens with zero attached hydrogens (tertiary/aromatic N) is 3. The van der Waals surface area contributed by atoms with Gasteiger partial charge in [-0.25, -0.2) is 4.98 Å². The zero-order chi connectivity index (χ0) is 31.1. The summed E-state index contributed by atoms with van der Waals surface area (Å²) < 4.78 is 6.29. The normalized spacial score (nSPS) is 10.7. The standard InChI is InChI=1S/C30H21N2O.C12H10N.Ir/c1-3-8-21(9-4-1)14-15-24-16-17-26-25-12-7-13-27(29(25)33-30(26)32-24)28-20-23(18-19-31-28)22-10-5-2-6-11-22;1-10-7-8-12(13-9-10)11-5-3-2-4-6-11;/h1-12,16-20H,14-15H2;2-5,7-9H,1H3;/q2*-1;. The van der Waals surface area contributed by atoms with Gasteiger partial charge in [-0.05, 0) is 71.6 Å². The molecule has 0 fully saturated rings. The summed E-state index contributed by atoms with van der Waals surface area (Å²) in [4.78, 5) is 13.8. The van der Waals surface area contributed by atoms with Crippen LogP contribution in [0.3, 0.4) is 0 Å². The predicted octanol–water partition coefficient (Wildman–Crippen LogP) is 10.2. The average Bonchev–Trinajstić information content (AvgIpc) is 3.51. The SMILES string of the molecule is Cc1ccc(-c2[c-]cccc2)nc1.[Ir].[c-]1ccc2c(oc3nc(CCc4ccccc4)ccc32)c1-c1cc(-c2ccccc2)ccn1. The molecule has 4 heterocycles. The second-order valence-corrected chi connectivity index (χ2v) is 11.1. The molecule has 4 aromatic carbocycles. The molecule has 0 amide bonds. The van der Waals surface area contributed by atoms with Crippen LogP contribution in [-0.2, 0) is 32.9 Å². The Morgan fingerprint density at radius 2 is 1.45 bits per heavy atom. The molecule has 0 aliphatic carbocycles. The first-order valence-electron chi connectivity index (χ1n) is 15.4. The number of pyridine rings is 3. The van der Waals surface area contributed by atoms with E-state index in [2.05, 4.69) is 82.8 Å². The Hall–Kier alpha value is -5.22. The molecule has 0 saturated carbocycles. The van der Waals surface area contributed by atoms with Gasteiger partial charge in [0.1, 0.15) is 0 Å². The van der Waals surface area contributed by atoms with E-state index in [1.165, 1.54) is 11.1 Å². The molecule has 231 valence electrons. The summed E-state index contributed by atoms with van der Waals surface area (Å²) in [7, 11) is 0. The molecular weight excluding hydrogens is 755 g/mol. The van der Waals surface area contributed by atoms with Crippen LogP contribution >= 0.6 is 0 Å². The van der Waals surface area contributed by atoms with E-state index in [4.69, 9.17) is 9.40 Å². The van der Waals surface area contributed by atoms with Crippen molar-refractivity contribution in [3.05, 3.63) is 175 Å². The Morgan fingerprint density at radius 1 is 0.638 bits per heavy atom. The van der Waals surface area contributed by atoms with E-state index < -0.39 is 0 Å². The summed E-state index contributed by atoms with van der Waals surface area (Å²) in [5, 5.41) is 2.05. The molecule has 0 N–H and O–H groups in total. The largest absolute Gasteiger partial charge is 0.486 e. The molecule has 4 nitrogen and oxygen atoms in total. The Labute approximate surface area is 288 Å². The van der Waals surface area contributed by atoms with Gasteiger partial charge < -0.3 is 14.4 Å². The summed E-state index contributed by atoms with van der Waals surface area (Å²) >= 11 is 0. The Morgan fingerprint density at radius 3 is 2.21 bits per heavy atom. The van der Waals surface area contributed by atoms with Crippen molar-refractivity contribution < 1.29 is 24.5 Å². The first-order chi connectivity index (χ1) is 22.7. The summed E-state index contributed by atoms with van der Waals surface area (Å²) in [6.07, 6.45) is 5.54. The fourth-order valence-corrected chi connectivity index (χ4v) is 5.46. The van der Waals surface area contributed by atoms with Crippen LogP contribution < -0.4 is 0 Å². The van der Waals surface area contributed by atoms with Crippen LogP contribution in [0.2, 0.25) is 0 Å². The molecule has 0 aliphatic rings. The van der Waals surface area contributed by atoms with E-state index in [1.54, 1.807) is 0 Å². The maximum absolute atomic E-state index is 6.29. The number of furan rings is 1. The molecule has 0 bridgehead atoms. The van der Waals surface area contributed by atoms with E-state index >= 15 is 0 Å². The Kier molecular flexibility index (Phi) is 10.1. The first kappa shape index (κ1) is 31.7. The van der Waals surface area contributed by atoms with Gasteiger partial charge in [0, 0.05) is 43.6 Å². The van der Waals surface area contributed by atoms with Gasteiger partial charge in [-0.1, -0.05) is 89.8 Å². The molecule has 4 aromatic heterocycles. The molecule has 0 atom stereocenters. The van der Waals surface area contributed by atoms with Gasteiger partial charge in [0.2, 0.25) is 5.71 Å². The van der Waals surface area contributed by atoms with E-state index in [9.17, 15) is 0 Å². The van der Waals surface area contributed by atoms with Crippen molar-refractivity contribution in [1.29, 1.82) is 0 Å². The summed E-state index contributed by atoms with van der Waals surface area (Å²) in [6.45, 7) is 2.03. The number of fused-ring (bicyclic) bond motifs is 3. The van der Waals surface area contributed by atoms with Gasteiger partial charge in [0.15, 0.2) is 0 Å². The van der Waals surface area contributed by atoms with E-state index in [0.717, 1.165) is 68.5 Å².